The van der Waals surface area contributed by atoms with Gasteiger partial charge in [-0.15, -0.1) is 0 Å². The van der Waals surface area contributed by atoms with E-state index in [2.05, 4.69) is 10.6 Å². The highest BCUT2D eigenvalue weighted by atomic mass is 19.1. The quantitative estimate of drug-likeness (QED) is 0.155. The first-order valence-electron chi connectivity index (χ1n) is 14.1. The van der Waals surface area contributed by atoms with Gasteiger partial charge in [0.25, 0.3) is 0 Å². The lowest BCUT2D eigenvalue weighted by Gasteiger charge is -2.19. The Kier molecular flexibility index (Phi) is 11.4. The molecule has 12 heteroatoms. The van der Waals surface area contributed by atoms with E-state index in [0.29, 0.717) is 23.7 Å². The molecule has 0 saturated heterocycles. The predicted molar refractivity (Wildman–Crippen MR) is 173 cm³/mol. The third kappa shape index (κ3) is 9.72. The number of anilines is 4. The lowest BCUT2D eigenvalue weighted by molar-refractivity contribution is 0.257. The van der Waals surface area contributed by atoms with Gasteiger partial charge in [-0.25, -0.2) is 27.2 Å². The molecule has 5 aromatic carbocycles. The minimum atomic E-state index is -0.721. The molecule has 0 saturated carbocycles. The molecule has 3 N–H and O–H groups in total. The van der Waals surface area contributed by atoms with E-state index in [4.69, 9.17) is 9.84 Å². The summed E-state index contributed by atoms with van der Waals surface area (Å²) < 4.78 is 59.3. The maximum absolute atomic E-state index is 14.4. The Labute approximate surface area is 268 Å². The summed E-state index contributed by atoms with van der Waals surface area (Å²) in [6.45, 7) is 0.320. The molecule has 5 rings (SSSR count). The number of nitrogens with one attached hydrogen (secondary N) is 2. The molecule has 0 radical (unpaired) electrons. The van der Waals surface area contributed by atoms with Gasteiger partial charge in [0.05, 0.1) is 11.4 Å². The minimum Gasteiger partial charge on any atom is -0.508 e. The Morgan fingerprint density at radius 2 is 1.11 bits per heavy atom. The Hall–Kier alpha value is -6.04. The van der Waals surface area contributed by atoms with Gasteiger partial charge in [0.15, 0.2) is 11.6 Å². The number of phenolic OH excluding ortho intramolecular Hbond substituents is 1. The van der Waals surface area contributed by atoms with Crippen LogP contribution in [0.15, 0.2) is 115 Å². The third-order valence-electron chi connectivity index (χ3n) is 6.62. The van der Waals surface area contributed by atoms with Gasteiger partial charge in [-0.2, -0.15) is 0 Å². The van der Waals surface area contributed by atoms with Crippen molar-refractivity contribution in [3.63, 3.8) is 0 Å². The summed E-state index contributed by atoms with van der Waals surface area (Å²) in [6, 6.07) is 26.7. The molecule has 0 spiro atoms. The first kappa shape index (κ1) is 33.8. The molecular weight excluding hydrogens is 616 g/mol. The molecule has 5 aromatic rings. The number of rotatable bonds is 7. The highest BCUT2D eigenvalue weighted by Crippen LogP contribution is 2.25. The lowest BCUT2D eigenvalue weighted by Crippen LogP contribution is -2.31. The van der Waals surface area contributed by atoms with Gasteiger partial charge in [0.1, 0.15) is 29.7 Å². The number of aromatic hydroxyl groups is 1. The average molecular weight is 647 g/mol. The second-order valence-corrected chi connectivity index (χ2v) is 10.0. The van der Waals surface area contributed by atoms with Gasteiger partial charge in [-0.3, -0.25) is 9.80 Å². The number of carbonyl (C=O) groups excluding carboxylic acids is 2. The molecule has 0 bridgehead atoms. The van der Waals surface area contributed by atoms with Crippen LogP contribution >= 0.6 is 0 Å². The van der Waals surface area contributed by atoms with E-state index in [1.807, 2.05) is 30.3 Å². The van der Waals surface area contributed by atoms with Crippen molar-refractivity contribution in [2.45, 2.75) is 6.61 Å². The van der Waals surface area contributed by atoms with Crippen LogP contribution in [0.5, 0.6) is 11.5 Å². The van der Waals surface area contributed by atoms with Crippen molar-refractivity contribution >= 4 is 34.8 Å². The molecule has 0 aliphatic carbocycles. The monoisotopic (exact) mass is 646 g/mol. The SMILES string of the molecule is CN(C(=O)Nc1ccc(F)cc1)c1ccc(O)cc1F.CN(C(=O)Nc1ccc(F)cc1)c1ccc(OCc2ccccc2)cc1F. The number of ether oxygens (including phenoxy) is 1. The zero-order valence-corrected chi connectivity index (χ0v) is 25.3. The van der Waals surface area contributed by atoms with Crippen LogP contribution in [0, 0.1) is 23.3 Å². The Morgan fingerprint density at radius 3 is 1.57 bits per heavy atom. The zero-order valence-electron chi connectivity index (χ0n) is 25.3. The molecule has 242 valence electrons. The van der Waals surface area contributed by atoms with Crippen molar-refractivity contribution < 1.29 is 37.0 Å². The number of urea groups is 2. The van der Waals surface area contributed by atoms with Gasteiger partial charge in [0, 0.05) is 37.6 Å². The summed E-state index contributed by atoms with van der Waals surface area (Å²) in [5.41, 5.74) is 1.89. The molecule has 0 aliphatic rings. The van der Waals surface area contributed by atoms with Crippen LogP contribution in [0.4, 0.5) is 49.9 Å². The number of phenols is 1. The Balaban J connectivity index is 0.000000223. The fourth-order valence-electron chi connectivity index (χ4n) is 4.06. The number of hydrogen-bond acceptors (Lipinski definition) is 4. The number of benzene rings is 5. The van der Waals surface area contributed by atoms with Crippen molar-refractivity contribution in [3.8, 4) is 11.5 Å². The van der Waals surface area contributed by atoms with E-state index < -0.39 is 35.3 Å². The van der Waals surface area contributed by atoms with Crippen molar-refractivity contribution in [2.24, 2.45) is 0 Å². The molecule has 0 atom stereocenters. The van der Waals surface area contributed by atoms with Gasteiger partial charge in [-0.05, 0) is 78.4 Å². The second-order valence-electron chi connectivity index (χ2n) is 10.0. The van der Waals surface area contributed by atoms with E-state index in [1.165, 1.54) is 86.9 Å². The van der Waals surface area contributed by atoms with Crippen LogP contribution in [0.1, 0.15) is 5.56 Å². The third-order valence-corrected chi connectivity index (χ3v) is 6.62. The molecule has 4 amide bonds. The molecule has 0 aromatic heterocycles. The van der Waals surface area contributed by atoms with E-state index in [0.717, 1.165) is 21.4 Å². The number of hydrogen-bond donors (Lipinski definition) is 3. The van der Waals surface area contributed by atoms with Crippen LogP contribution in [0.25, 0.3) is 0 Å². The van der Waals surface area contributed by atoms with Crippen molar-refractivity contribution in [2.75, 3.05) is 34.5 Å². The molecule has 0 fully saturated rings. The summed E-state index contributed by atoms with van der Waals surface area (Å²) in [5, 5.41) is 14.2. The maximum atomic E-state index is 14.4. The summed E-state index contributed by atoms with van der Waals surface area (Å²) >= 11 is 0. The highest BCUT2D eigenvalue weighted by molar-refractivity contribution is 6.02. The summed E-state index contributed by atoms with van der Waals surface area (Å²) in [6.07, 6.45) is 0. The summed E-state index contributed by atoms with van der Waals surface area (Å²) in [7, 11) is 2.83. The summed E-state index contributed by atoms with van der Waals surface area (Å²) in [5.74, 6) is -1.98. The van der Waals surface area contributed by atoms with Gasteiger partial charge >= 0.3 is 12.1 Å². The number of carbonyl (C=O) groups is 2. The van der Waals surface area contributed by atoms with Gasteiger partial charge < -0.3 is 20.5 Å². The Bertz CT molecular complexity index is 1810. The van der Waals surface area contributed by atoms with Crippen molar-refractivity contribution in [1.82, 2.24) is 0 Å². The van der Waals surface area contributed by atoms with Crippen LogP contribution in [0.3, 0.4) is 0 Å². The fourth-order valence-corrected chi connectivity index (χ4v) is 4.06. The van der Waals surface area contributed by atoms with E-state index in [-0.39, 0.29) is 17.1 Å². The maximum Gasteiger partial charge on any atom is 0.326 e. The van der Waals surface area contributed by atoms with E-state index >= 15 is 0 Å². The van der Waals surface area contributed by atoms with Crippen molar-refractivity contribution in [3.05, 3.63) is 144 Å². The number of nitrogens with zero attached hydrogens (tertiary/aromatic N) is 2. The van der Waals surface area contributed by atoms with Crippen LogP contribution in [-0.2, 0) is 6.61 Å². The summed E-state index contributed by atoms with van der Waals surface area (Å²) in [4.78, 5) is 26.4. The standard InChI is InChI=1S/C21H18F2N2O2.C14H12F2N2O2/c1-25(21(26)24-17-9-7-16(22)8-10-17)20-12-11-18(13-19(20)23)27-14-15-5-3-2-4-6-15;1-18(13-7-6-11(19)8-12(13)16)14(20)17-10-4-2-9(15)3-5-10/h2-13H,14H2,1H3,(H,24,26);2-8,19H,1H3,(H,17,20). The molecule has 0 heterocycles. The van der Waals surface area contributed by atoms with Crippen LogP contribution < -0.4 is 25.2 Å². The molecular formula is C35H30F4N4O4. The largest absolute Gasteiger partial charge is 0.508 e. The highest BCUT2D eigenvalue weighted by Gasteiger charge is 2.17. The zero-order chi connectivity index (χ0) is 33.9. The smallest absolute Gasteiger partial charge is 0.326 e. The molecule has 47 heavy (non-hydrogen) atoms. The number of amides is 4. The normalized spacial score (nSPS) is 10.3. The molecule has 0 aliphatic heterocycles. The van der Waals surface area contributed by atoms with E-state index in [9.17, 15) is 27.2 Å². The minimum absolute atomic E-state index is 0.0161. The first-order chi connectivity index (χ1) is 22.5. The first-order valence-corrected chi connectivity index (χ1v) is 14.1. The van der Waals surface area contributed by atoms with Gasteiger partial charge in [-0.1, -0.05) is 30.3 Å². The number of halogens is 4. The van der Waals surface area contributed by atoms with Crippen molar-refractivity contribution in [1.29, 1.82) is 0 Å². The van der Waals surface area contributed by atoms with Crippen LogP contribution in [-0.4, -0.2) is 31.3 Å². The fraction of sp³-hybridized carbons (Fsp3) is 0.0857. The predicted octanol–water partition coefficient (Wildman–Crippen LogP) is 8.55. The van der Waals surface area contributed by atoms with Crippen LogP contribution in [0.2, 0.25) is 0 Å². The lowest BCUT2D eigenvalue weighted by atomic mass is 10.2. The topological polar surface area (TPSA) is 94.1 Å². The Morgan fingerprint density at radius 1 is 0.638 bits per heavy atom. The van der Waals surface area contributed by atoms with E-state index in [1.54, 1.807) is 6.07 Å². The van der Waals surface area contributed by atoms with Gasteiger partial charge in [0.2, 0.25) is 0 Å². The second kappa shape index (κ2) is 15.8. The molecule has 8 nitrogen and oxygen atoms in total. The molecule has 0 unspecified atom stereocenters. The average Bonchev–Trinajstić information content (AvgIpc) is 3.06.